The smallest absolute Gasteiger partial charge is 0.225 e. The molecule has 1 amide bonds. The molecule has 2 heterocycles. The lowest BCUT2D eigenvalue weighted by atomic mass is 10.1. The highest BCUT2D eigenvalue weighted by Gasteiger charge is 2.26. The molecule has 4 rings (SSSR count). The van der Waals surface area contributed by atoms with E-state index in [4.69, 9.17) is 9.97 Å². The SMILES string of the molecule is CCC(C)C(=O)N1CCN(c2nc3ccccc3nc2-c2ccccc2)CC1. The fourth-order valence-electron chi connectivity index (χ4n) is 3.63. The molecule has 5 nitrogen and oxygen atoms in total. The Morgan fingerprint density at radius 1 is 0.929 bits per heavy atom. The van der Waals surface area contributed by atoms with Gasteiger partial charge in [0.25, 0.3) is 0 Å². The van der Waals surface area contributed by atoms with Gasteiger partial charge in [-0.1, -0.05) is 56.3 Å². The highest BCUT2D eigenvalue weighted by Crippen LogP contribution is 2.30. The van der Waals surface area contributed by atoms with E-state index in [1.54, 1.807) is 0 Å². The van der Waals surface area contributed by atoms with Crippen LogP contribution in [-0.4, -0.2) is 47.0 Å². The predicted octanol–water partition coefficient (Wildman–Crippen LogP) is 3.99. The van der Waals surface area contributed by atoms with Gasteiger partial charge >= 0.3 is 0 Å². The molecule has 3 aromatic rings. The standard InChI is InChI=1S/C23H26N4O/c1-3-17(2)23(28)27-15-13-26(14-16-27)22-21(18-9-5-4-6-10-18)24-19-11-7-8-12-20(19)25-22/h4-12,17H,3,13-16H2,1-2H3. The quantitative estimate of drug-likeness (QED) is 0.693. The van der Waals surface area contributed by atoms with Gasteiger partial charge < -0.3 is 9.80 Å². The zero-order chi connectivity index (χ0) is 19.5. The van der Waals surface area contributed by atoms with Crippen molar-refractivity contribution in [2.24, 2.45) is 5.92 Å². The zero-order valence-corrected chi connectivity index (χ0v) is 16.5. The Morgan fingerprint density at radius 2 is 1.54 bits per heavy atom. The maximum absolute atomic E-state index is 12.5. The number of carbonyl (C=O) groups is 1. The van der Waals surface area contributed by atoms with Gasteiger partial charge in [0.2, 0.25) is 5.91 Å². The van der Waals surface area contributed by atoms with Crippen LogP contribution in [0.2, 0.25) is 0 Å². The number of piperazine rings is 1. The Hall–Kier alpha value is -2.95. The molecule has 1 saturated heterocycles. The first-order valence-electron chi connectivity index (χ1n) is 10.0. The number of benzene rings is 2. The van der Waals surface area contributed by atoms with Gasteiger partial charge in [-0.2, -0.15) is 0 Å². The molecule has 5 heteroatoms. The molecule has 144 valence electrons. The van der Waals surface area contributed by atoms with Crippen LogP contribution in [0.3, 0.4) is 0 Å². The van der Waals surface area contributed by atoms with Gasteiger partial charge in [-0.25, -0.2) is 9.97 Å². The lowest BCUT2D eigenvalue weighted by molar-refractivity contribution is -0.135. The van der Waals surface area contributed by atoms with Gasteiger partial charge in [-0.3, -0.25) is 4.79 Å². The Balaban J connectivity index is 1.66. The largest absolute Gasteiger partial charge is 0.351 e. The molecule has 1 aromatic heterocycles. The van der Waals surface area contributed by atoms with Crippen LogP contribution < -0.4 is 4.90 Å². The number of nitrogens with zero attached hydrogens (tertiary/aromatic N) is 4. The van der Waals surface area contributed by atoms with Crippen LogP contribution >= 0.6 is 0 Å². The van der Waals surface area contributed by atoms with E-state index in [-0.39, 0.29) is 11.8 Å². The Kier molecular flexibility index (Phi) is 5.24. The van der Waals surface area contributed by atoms with Crippen molar-refractivity contribution in [1.29, 1.82) is 0 Å². The van der Waals surface area contributed by atoms with Crippen molar-refractivity contribution >= 4 is 22.8 Å². The zero-order valence-electron chi connectivity index (χ0n) is 16.5. The summed E-state index contributed by atoms with van der Waals surface area (Å²) in [4.78, 5) is 26.7. The number of hydrogen-bond acceptors (Lipinski definition) is 4. The predicted molar refractivity (Wildman–Crippen MR) is 113 cm³/mol. The highest BCUT2D eigenvalue weighted by atomic mass is 16.2. The summed E-state index contributed by atoms with van der Waals surface area (Å²) in [6.07, 6.45) is 0.882. The molecule has 0 aliphatic carbocycles. The Morgan fingerprint density at radius 3 is 2.18 bits per heavy atom. The number of fused-ring (bicyclic) bond motifs is 1. The molecule has 0 spiro atoms. The van der Waals surface area contributed by atoms with E-state index < -0.39 is 0 Å². The van der Waals surface area contributed by atoms with Gasteiger partial charge in [0.15, 0.2) is 5.82 Å². The molecular formula is C23H26N4O. The van der Waals surface area contributed by atoms with Crippen LogP contribution in [0.25, 0.3) is 22.3 Å². The maximum Gasteiger partial charge on any atom is 0.225 e. The lowest BCUT2D eigenvalue weighted by Crippen LogP contribution is -2.50. The second-order valence-corrected chi connectivity index (χ2v) is 7.37. The number of carbonyl (C=O) groups excluding carboxylic acids is 1. The summed E-state index contributed by atoms with van der Waals surface area (Å²) in [6.45, 7) is 7.08. The summed E-state index contributed by atoms with van der Waals surface area (Å²) in [5, 5.41) is 0. The summed E-state index contributed by atoms with van der Waals surface area (Å²) < 4.78 is 0. The highest BCUT2D eigenvalue weighted by molar-refractivity contribution is 5.84. The number of anilines is 1. The van der Waals surface area contributed by atoms with Crippen LogP contribution in [0.15, 0.2) is 54.6 Å². The molecule has 0 bridgehead atoms. The van der Waals surface area contributed by atoms with E-state index in [0.717, 1.165) is 60.7 Å². The molecule has 0 radical (unpaired) electrons. The summed E-state index contributed by atoms with van der Waals surface area (Å²) in [7, 11) is 0. The summed E-state index contributed by atoms with van der Waals surface area (Å²) in [5.74, 6) is 1.25. The van der Waals surface area contributed by atoms with Crippen molar-refractivity contribution in [3.05, 3.63) is 54.6 Å². The number of rotatable bonds is 4. The van der Waals surface area contributed by atoms with Crippen molar-refractivity contribution < 1.29 is 4.79 Å². The molecule has 1 aliphatic rings. The molecule has 1 aliphatic heterocycles. The van der Waals surface area contributed by atoms with Crippen molar-refractivity contribution in [2.45, 2.75) is 20.3 Å². The van der Waals surface area contributed by atoms with E-state index in [1.165, 1.54) is 0 Å². The van der Waals surface area contributed by atoms with E-state index in [9.17, 15) is 4.79 Å². The average Bonchev–Trinajstić information content (AvgIpc) is 2.78. The van der Waals surface area contributed by atoms with Gasteiger partial charge in [0.05, 0.1) is 11.0 Å². The molecule has 1 atom stereocenters. The van der Waals surface area contributed by atoms with Crippen molar-refractivity contribution in [1.82, 2.24) is 14.9 Å². The van der Waals surface area contributed by atoms with Gasteiger partial charge in [0, 0.05) is 37.7 Å². The van der Waals surface area contributed by atoms with Crippen molar-refractivity contribution in [3.8, 4) is 11.3 Å². The Bertz CT molecular complexity index is 965. The van der Waals surface area contributed by atoms with Gasteiger partial charge in [-0.15, -0.1) is 0 Å². The third-order valence-corrected chi connectivity index (χ3v) is 5.52. The molecular weight excluding hydrogens is 348 g/mol. The minimum Gasteiger partial charge on any atom is -0.351 e. The molecule has 1 unspecified atom stereocenters. The van der Waals surface area contributed by atoms with Crippen LogP contribution in [0, 0.1) is 5.92 Å². The second-order valence-electron chi connectivity index (χ2n) is 7.37. The molecule has 28 heavy (non-hydrogen) atoms. The molecule has 1 fully saturated rings. The van der Waals surface area contributed by atoms with Gasteiger partial charge in [-0.05, 0) is 18.6 Å². The normalized spacial score (nSPS) is 15.6. The monoisotopic (exact) mass is 374 g/mol. The third kappa shape index (κ3) is 3.57. The minimum atomic E-state index is 0.0897. The Labute approximate surface area is 166 Å². The molecule has 0 saturated carbocycles. The summed E-state index contributed by atoms with van der Waals surface area (Å²) in [6, 6.07) is 18.2. The van der Waals surface area contributed by atoms with E-state index >= 15 is 0 Å². The topological polar surface area (TPSA) is 49.3 Å². The first kappa shape index (κ1) is 18.4. The van der Waals surface area contributed by atoms with Crippen molar-refractivity contribution in [2.75, 3.05) is 31.1 Å². The maximum atomic E-state index is 12.5. The number of amides is 1. The molecule has 0 N–H and O–H groups in total. The fourth-order valence-corrected chi connectivity index (χ4v) is 3.63. The lowest BCUT2D eigenvalue weighted by Gasteiger charge is -2.37. The number of para-hydroxylation sites is 2. The first-order chi connectivity index (χ1) is 13.7. The summed E-state index contributed by atoms with van der Waals surface area (Å²) >= 11 is 0. The van der Waals surface area contributed by atoms with Crippen LogP contribution in [-0.2, 0) is 4.79 Å². The van der Waals surface area contributed by atoms with Gasteiger partial charge in [0.1, 0.15) is 5.69 Å². The van der Waals surface area contributed by atoms with Crippen LogP contribution in [0.4, 0.5) is 5.82 Å². The summed E-state index contributed by atoms with van der Waals surface area (Å²) in [5.41, 5.74) is 3.76. The average molecular weight is 374 g/mol. The van der Waals surface area contributed by atoms with Crippen LogP contribution in [0.1, 0.15) is 20.3 Å². The van der Waals surface area contributed by atoms with Crippen molar-refractivity contribution in [3.63, 3.8) is 0 Å². The van der Waals surface area contributed by atoms with Crippen LogP contribution in [0.5, 0.6) is 0 Å². The molecule has 2 aromatic carbocycles. The third-order valence-electron chi connectivity index (χ3n) is 5.52. The minimum absolute atomic E-state index is 0.0897. The number of hydrogen-bond donors (Lipinski definition) is 0. The first-order valence-corrected chi connectivity index (χ1v) is 10.0. The number of aromatic nitrogens is 2. The van der Waals surface area contributed by atoms with E-state index in [2.05, 4.69) is 24.0 Å². The van der Waals surface area contributed by atoms with E-state index in [1.807, 2.05) is 54.3 Å². The second kappa shape index (κ2) is 7.97. The fraction of sp³-hybridized carbons (Fsp3) is 0.348. The van der Waals surface area contributed by atoms with E-state index in [0.29, 0.717) is 0 Å².